The van der Waals surface area contributed by atoms with Crippen LogP contribution in [0, 0.1) is 5.92 Å². The second kappa shape index (κ2) is 5.50. The largest absolute Gasteiger partial charge is 0.314 e. The lowest BCUT2D eigenvalue weighted by Gasteiger charge is -2.27. The van der Waals surface area contributed by atoms with Gasteiger partial charge in [0.2, 0.25) is 0 Å². The normalized spacial score (nSPS) is 40.1. The maximum Gasteiger partial charge on any atom is 0.0145 e. The summed E-state index contributed by atoms with van der Waals surface area (Å²) in [7, 11) is 0. The molecule has 20 heavy (non-hydrogen) atoms. The molecule has 2 aliphatic carbocycles. The van der Waals surface area contributed by atoms with E-state index in [1.165, 1.54) is 50.6 Å². The predicted octanol–water partition coefficient (Wildman–Crippen LogP) is 3.05. The molecule has 108 valence electrons. The van der Waals surface area contributed by atoms with Crippen molar-refractivity contribution in [2.24, 2.45) is 5.92 Å². The number of nitrogens with one attached hydrogen (secondary N) is 2. The Morgan fingerprint density at radius 1 is 0.950 bits per heavy atom. The van der Waals surface area contributed by atoms with Crippen LogP contribution in [-0.2, 0) is 0 Å². The molecule has 1 saturated heterocycles. The molecule has 0 aromatic heterocycles. The topological polar surface area (TPSA) is 24.1 Å². The van der Waals surface area contributed by atoms with Gasteiger partial charge in [0.25, 0.3) is 0 Å². The molecule has 1 aromatic carbocycles. The van der Waals surface area contributed by atoms with Crippen molar-refractivity contribution in [2.45, 2.75) is 62.6 Å². The van der Waals surface area contributed by atoms with Crippen LogP contribution in [0.2, 0.25) is 0 Å². The van der Waals surface area contributed by atoms with Crippen LogP contribution in [-0.4, -0.2) is 24.7 Å². The summed E-state index contributed by atoms with van der Waals surface area (Å²) in [6, 6.07) is 13.3. The summed E-state index contributed by atoms with van der Waals surface area (Å²) in [5, 5.41) is 7.71. The fourth-order valence-electron chi connectivity index (χ4n) is 4.48. The van der Waals surface area contributed by atoms with Gasteiger partial charge in [-0.2, -0.15) is 0 Å². The lowest BCUT2D eigenvalue weighted by molar-refractivity contribution is 0.318. The van der Waals surface area contributed by atoms with E-state index in [1.54, 1.807) is 0 Å². The number of hydrogen-bond donors (Lipinski definition) is 2. The van der Waals surface area contributed by atoms with Crippen molar-refractivity contribution in [1.82, 2.24) is 10.6 Å². The van der Waals surface area contributed by atoms with Crippen LogP contribution in [0.25, 0.3) is 0 Å². The first-order chi connectivity index (χ1) is 9.92. The molecule has 5 atom stereocenters. The molecule has 1 heterocycles. The van der Waals surface area contributed by atoms with Gasteiger partial charge < -0.3 is 10.6 Å². The van der Waals surface area contributed by atoms with Gasteiger partial charge in [0.1, 0.15) is 0 Å². The third kappa shape index (κ3) is 2.51. The van der Waals surface area contributed by atoms with Gasteiger partial charge in [-0.15, -0.1) is 0 Å². The van der Waals surface area contributed by atoms with Gasteiger partial charge in [-0.25, -0.2) is 0 Å². The van der Waals surface area contributed by atoms with E-state index in [-0.39, 0.29) is 0 Å². The highest BCUT2D eigenvalue weighted by molar-refractivity contribution is 5.27. The average molecular weight is 270 g/mol. The fraction of sp³-hybridized carbons (Fsp3) is 0.667. The Labute approximate surface area is 122 Å². The van der Waals surface area contributed by atoms with E-state index < -0.39 is 0 Å². The molecule has 5 unspecified atom stereocenters. The first-order valence-corrected chi connectivity index (χ1v) is 8.46. The van der Waals surface area contributed by atoms with Gasteiger partial charge >= 0.3 is 0 Å². The van der Waals surface area contributed by atoms with Gasteiger partial charge in [0.15, 0.2) is 0 Å². The van der Waals surface area contributed by atoms with E-state index in [9.17, 15) is 0 Å². The standard InChI is InChI=1S/C18H26N2/c1-2-6-13(7-3-1)15-12-18(15)20-17-9-4-8-14(17)16-10-5-11-19-16/h1-3,6-7,14-20H,4-5,8-12H2. The molecule has 4 rings (SSSR count). The van der Waals surface area contributed by atoms with Gasteiger partial charge in [-0.1, -0.05) is 36.8 Å². The maximum absolute atomic E-state index is 3.99. The van der Waals surface area contributed by atoms with Crippen LogP contribution in [0.5, 0.6) is 0 Å². The van der Waals surface area contributed by atoms with Crippen molar-refractivity contribution in [3.63, 3.8) is 0 Å². The highest BCUT2D eigenvalue weighted by Crippen LogP contribution is 2.43. The molecule has 1 aliphatic heterocycles. The molecule has 0 bridgehead atoms. The highest BCUT2D eigenvalue weighted by Gasteiger charge is 2.43. The molecule has 3 fully saturated rings. The Bertz CT molecular complexity index is 438. The molecular weight excluding hydrogens is 244 g/mol. The van der Waals surface area contributed by atoms with E-state index in [4.69, 9.17) is 0 Å². The molecule has 2 saturated carbocycles. The fourth-order valence-corrected chi connectivity index (χ4v) is 4.48. The van der Waals surface area contributed by atoms with E-state index in [1.807, 2.05) is 0 Å². The monoisotopic (exact) mass is 270 g/mol. The summed E-state index contributed by atoms with van der Waals surface area (Å²) in [6.45, 7) is 1.24. The van der Waals surface area contributed by atoms with Crippen molar-refractivity contribution < 1.29 is 0 Å². The Balaban J connectivity index is 1.35. The zero-order chi connectivity index (χ0) is 13.4. The Morgan fingerprint density at radius 2 is 1.85 bits per heavy atom. The molecule has 0 radical (unpaired) electrons. The maximum atomic E-state index is 3.99. The summed E-state index contributed by atoms with van der Waals surface area (Å²) in [5.41, 5.74) is 1.53. The molecule has 2 nitrogen and oxygen atoms in total. The van der Waals surface area contributed by atoms with Crippen LogP contribution < -0.4 is 10.6 Å². The Kier molecular flexibility index (Phi) is 3.53. The van der Waals surface area contributed by atoms with E-state index in [2.05, 4.69) is 41.0 Å². The summed E-state index contributed by atoms with van der Waals surface area (Å²) >= 11 is 0. The third-order valence-corrected chi connectivity index (χ3v) is 5.63. The molecular formula is C18H26N2. The highest BCUT2D eigenvalue weighted by atomic mass is 15.0. The molecule has 2 heteroatoms. The van der Waals surface area contributed by atoms with Crippen molar-refractivity contribution in [2.75, 3.05) is 6.54 Å². The molecule has 1 aromatic rings. The lowest BCUT2D eigenvalue weighted by Crippen LogP contribution is -2.43. The third-order valence-electron chi connectivity index (χ3n) is 5.63. The summed E-state index contributed by atoms with van der Waals surface area (Å²) in [6.07, 6.45) is 8.35. The van der Waals surface area contributed by atoms with Crippen molar-refractivity contribution in [1.29, 1.82) is 0 Å². The first-order valence-electron chi connectivity index (χ1n) is 8.46. The van der Waals surface area contributed by atoms with Crippen LogP contribution in [0.4, 0.5) is 0 Å². The Morgan fingerprint density at radius 3 is 2.65 bits per heavy atom. The van der Waals surface area contributed by atoms with Crippen molar-refractivity contribution >= 4 is 0 Å². The number of hydrogen-bond acceptors (Lipinski definition) is 2. The van der Waals surface area contributed by atoms with Gasteiger partial charge in [0.05, 0.1) is 0 Å². The summed E-state index contributed by atoms with van der Waals surface area (Å²) in [5.74, 6) is 1.66. The molecule has 0 spiro atoms. The van der Waals surface area contributed by atoms with Crippen LogP contribution in [0.15, 0.2) is 30.3 Å². The summed E-state index contributed by atoms with van der Waals surface area (Å²) in [4.78, 5) is 0. The molecule has 3 aliphatic rings. The van der Waals surface area contributed by atoms with Gasteiger partial charge in [0, 0.05) is 24.0 Å². The van der Waals surface area contributed by atoms with Gasteiger partial charge in [-0.05, 0) is 50.1 Å². The minimum absolute atomic E-state index is 0.740. The number of benzene rings is 1. The van der Waals surface area contributed by atoms with E-state index in [0.717, 1.165) is 30.0 Å². The second-order valence-electron chi connectivity index (χ2n) is 6.93. The quantitative estimate of drug-likeness (QED) is 0.878. The summed E-state index contributed by atoms with van der Waals surface area (Å²) < 4.78 is 0. The minimum Gasteiger partial charge on any atom is -0.314 e. The van der Waals surface area contributed by atoms with Crippen LogP contribution in [0.3, 0.4) is 0 Å². The zero-order valence-corrected chi connectivity index (χ0v) is 12.2. The SMILES string of the molecule is c1ccc(C2CC2NC2CCCC2C2CCCN2)cc1. The smallest absolute Gasteiger partial charge is 0.0145 e. The average Bonchev–Trinajstić information content (AvgIpc) is 2.90. The molecule has 0 amide bonds. The van der Waals surface area contributed by atoms with E-state index in [0.29, 0.717) is 0 Å². The second-order valence-corrected chi connectivity index (χ2v) is 6.93. The Hall–Kier alpha value is -0.860. The van der Waals surface area contributed by atoms with Crippen LogP contribution >= 0.6 is 0 Å². The number of rotatable bonds is 4. The molecule has 2 N–H and O–H groups in total. The zero-order valence-electron chi connectivity index (χ0n) is 12.2. The predicted molar refractivity (Wildman–Crippen MR) is 82.9 cm³/mol. The van der Waals surface area contributed by atoms with Crippen molar-refractivity contribution in [3.8, 4) is 0 Å². The first kappa shape index (κ1) is 12.8. The van der Waals surface area contributed by atoms with Gasteiger partial charge in [-0.3, -0.25) is 0 Å². The van der Waals surface area contributed by atoms with Crippen LogP contribution in [0.1, 0.15) is 50.0 Å². The van der Waals surface area contributed by atoms with E-state index >= 15 is 0 Å². The minimum atomic E-state index is 0.740. The lowest BCUT2D eigenvalue weighted by atomic mass is 9.93. The van der Waals surface area contributed by atoms with Crippen molar-refractivity contribution in [3.05, 3.63) is 35.9 Å².